The van der Waals surface area contributed by atoms with Gasteiger partial charge in [0, 0.05) is 17.2 Å². The van der Waals surface area contributed by atoms with Crippen molar-refractivity contribution in [3.63, 3.8) is 0 Å². The minimum Gasteiger partial charge on any atom is -0.399 e. The molecule has 0 bridgehead atoms. The van der Waals surface area contributed by atoms with Crippen LogP contribution in [0.1, 0.15) is 78.4 Å². The maximum absolute atomic E-state index is 14.8. The van der Waals surface area contributed by atoms with Crippen molar-refractivity contribution in [3.8, 4) is 16.8 Å². The second-order valence-corrected chi connectivity index (χ2v) is 10.6. The fraction of sp³-hybridized carbons (Fsp3) is 0.444. The lowest BCUT2D eigenvalue weighted by Gasteiger charge is -2.32. The molecule has 0 unspecified atom stereocenters. The summed E-state index contributed by atoms with van der Waals surface area (Å²) in [7, 11) is -0.765. The van der Waals surface area contributed by atoms with Crippen molar-refractivity contribution < 1.29 is 13.7 Å². The summed E-state index contributed by atoms with van der Waals surface area (Å²) in [5.41, 5.74) is 4.98. The Balaban J connectivity index is 1.74. The van der Waals surface area contributed by atoms with Crippen LogP contribution in [0.4, 0.5) is 4.39 Å². The summed E-state index contributed by atoms with van der Waals surface area (Å²) in [5, 5.41) is 4.63. The number of hydrogen-bond acceptors (Lipinski definition) is 3. The highest BCUT2D eigenvalue weighted by Crippen LogP contribution is 2.38. The molecule has 0 saturated carbocycles. The van der Waals surface area contributed by atoms with Crippen molar-refractivity contribution in [1.82, 2.24) is 9.78 Å². The predicted molar refractivity (Wildman–Crippen MR) is 133 cm³/mol. The zero-order valence-electron chi connectivity index (χ0n) is 20.9. The Hall–Kier alpha value is -2.44. The van der Waals surface area contributed by atoms with E-state index in [1.165, 1.54) is 22.8 Å². The molecule has 1 aromatic heterocycles. The van der Waals surface area contributed by atoms with Gasteiger partial charge in [-0.2, -0.15) is 5.10 Å². The summed E-state index contributed by atoms with van der Waals surface area (Å²) >= 11 is 0. The number of hydrogen-bond donors (Lipinski definition) is 0. The van der Waals surface area contributed by atoms with Crippen LogP contribution in [0.3, 0.4) is 0 Å². The fourth-order valence-corrected chi connectivity index (χ4v) is 4.30. The molecule has 2 aromatic carbocycles. The lowest BCUT2D eigenvalue weighted by molar-refractivity contribution is 0.00578. The highest BCUT2D eigenvalue weighted by Gasteiger charge is 2.52. The Morgan fingerprint density at radius 3 is 2.03 bits per heavy atom. The molecule has 0 amide bonds. The SMILES string of the molecule is CC(C)c1cccc(C(C)C)c1-c1cnn(-c2ccc(F)c(B3OC(C)(C)C(C)(C)O3)c2)c1. The normalized spacial score (nSPS) is 17.4. The van der Waals surface area contributed by atoms with Crippen LogP contribution in [0.5, 0.6) is 0 Å². The van der Waals surface area contributed by atoms with Crippen LogP contribution in [0.2, 0.25) is 0 Å². The fourth-order valence-electron chi connectivity index (χ4n) is 4.30. The Morgan fingerprint density at radius 1 is 0.909 bits per heavy atom. The van der Waals surface area contributed by atoms with Crippen molar-refractivity contribution in [2.45, 2.75) is 78.4 Å². The van der Waals surface area contributed by atoms with Crippen LogP contribution in [-0.2, 0) is 9.31 Å². The molecule has 1 aliphatic rings. The van der Waals surface area contributed by atoms with Crippen LogP contribution in [0.15, 0.2) is 48.8 Å². The van der Waals surface area contributed by atoms with Gasteiger partial charge in [-0.15, -0.1) is 0 Å². The van der Waals surface area contributed by atoms with Gasteiger partial charge in [-0.1, -0.05) is 45.9 Å². The van der Waals surface area contributed by atoms with E-state index in [0.29, 0.717) is 17.3 Å². The van der Waals surface area contributed by atoms with Crippen molar-refractivity contribution >= 4 is 12.6 Å². The van der Waals surface area contributed by atoms with Gasteiger partial charge in [0.1, 0.15) is 5.82 Å². The van der Waals surface area contributed by atoms with Gasteiger partial charge < -0.3 is 9.31 Å². The molecule has 0 aliphatic carbocycles. The first kappa shape index (κ1) is 23.7. The second-order valence-electron chi connectivity index (χ2n) is 10.6. The molecule has 6 heteroatoms. The molecule has 1 fully saturated rings. The Kier molecular flexibility index (Phi) is 6.04. The van der Waals surface area contributed by atoms with Crippen molar-refractivity contribution in [2.24, 2.45) is 0 Å². The molecule has 3 aromatic rings. The molecule has 0 atom stereocenters. The van der Waals surface area contributed by atoms with Gasteiger partial charge in [0.2, 0.25) is 0 Å². The van der Waals surface area contributed by atoms with Crippen LogP contribution in [-0.4, -0.2) is 28.1 Å². The number of nitrogens with zero attached hydrogens (tertiary/aromatic N) is 2. The predicted octanol–water partition coefficient (Wildman–Crippen LogP) is 6.22. The van der Waals surface area contributed by atoms with E-state index in [2.05, 4.69) is 51.0 Å². The zero-order valence-corrected chi connectivity index (χ0v) is 20.9. The molecule has 4 rings (SSSR count). The first-order valence-electron chi connectivity index (χ1n) is 11.7. The maximum Gasteiger partial charge on any atom is 0.497 e. The molecular weight excluding hydrogens is 414 g/mol. The van der Waals surface area contributed by atoms with Crippen LogP contribution in [0, 0.1) is 5.82 Å². The summed E-state index contributed by atoms with van der Waals surface area (Å²) in [4.78, 5) is 0. The van der Waals surface area contributed by atoms with Crippen LogP contribution in [0.25, 0.3) is 16.8 Å². The maximum atomic E-state index is 14.8. The first-order valence-corrected chi connectivity index (χ1v) is 11.7. The highest BCUT2D eigenvalue weighted by molar-refractivity contribution is 6.62. The topological polar surface area (TPSA) is 36.3 Å². The van der Waals surface area contributed by atoms with Gasteiger partial charge in [0.15, 0.2) is 0 Å². The largest absolute Gasteiger partial charge is 0.497 e. The molecule has 2 heterocycles. The van der Waals surface area contributed by atoms with E-state index >= 15 is 0 Å². The lowest BCUT2D eigenvalue weighted by atomic mass is 9.78. The molecular formula is C27H34BFN2O2. The van der Waals surface area contributed by atoms with E-state index in [4.69, 9.17) is 9.31 Å². The molecule has 0 spiro atoms. The van der Waals surface area contributed by atoms with Gasteiger partial charge in [-0.3, -0.25) is 0 Å². The Bertz CT molecular complexity index is 1120. The molecule has 1 aliphatic heterocycles. The molecule has 1 saturated heterocycles. The Morgan fingerprint density at radius 2 is 1.48 bits per heavy atom. The van der Waals surface area contributed by atoms with Gasteiger partial charge in [0.25, 0.3) is 0 Å². The molecule has 174 valence electrons. The Labute approximate surface area is 197 Å². The standard InChI is InChI=1S/C27H34BFN2O2/c1-17(2)21-10-9-11-22(18(3)4)25(21)19-15-30-31(16-19)20-12-13-24(29)23(14-20)28-32-26(5,6)27(7,8)33-28/h9-18H,1-8H3. The van der Waals surface area contributed by atoms with Gasteiger partial charge in [-0.05, 0) is 74.4 Å². The summed E-state index contributed by atoms with van der Waals surface area (Å²) in [6.45, 7) is 16.7. The average molecular weight is 448 g/mol. The van der Waals surface area contributed by atoms with Crippen LogP contribution < -0.4 is 5.46 Å². The quantitative estimate of drug-likeness (QED) is 0.435. The van der Waals surface area contributed by atoms with E-state index in [1.54, 1.807) is 16.8 Å². The van der Waals surface area contributed by atoms with Crippen molar-refractivity contribution in [2.75, 3.05) is 0 Å². The summed E-state index contributed by atoms with van der Waals surface area (Å²) in [5.74, 6) is 0.433. The average Bonchev–Trinajstić information content (AvgIpc) is 3.29. The highest BCUT2D eigenvalue weighted by atomic mass is 19.1. The third-order valence-electron chi connectivity index (χ3n) is 7.00. The summed E-state index contributed by atoms with van der Waals surface area (Å²) in [6.07, 6.45) is 3.92. The molecule has 0 N–H and O–H groups in total. The van der Waals surface area contributed by atoms with E-state index in [9.17, 15) is 4.39 Å². The van der Waals surface area contributed by atoms with E-state index in [0.717, 1.165) is 11.3 Å². The van der Waals surface area contributed by atoms with Gasteiger partial charge in [0.05, 0.1) is 23.1 Å². The van der Waals surface area contributed by atoms with Gasteiger partial charge >= 0.3 is 7.12 Å². The first-order chi connectivity index (χ1) is 15.4. The minimum atomic E-state index is -0.765. The van der Waals surface area contributed by atoms with E-state index in [-0.39, 0.29) is 5.82 Å². The zero-order chi connectivity index (χ0) is 24.1. The van der Waals surface area contributed by atoms with Crippen molar-refractivity contribution in [3.05, 3.63) is 65.7 Å². The molecule has 33 heavy (non-hydrogen) atoms. The smallest absolute Gasteiger partial charge is 0.399 e. The van der Waals surface area contributed by atoms with E-state index in [1.807, 2.05) is 40.1 Å². The third-order valence-corrected chi connectivity index (χ3v) is 7.00. The molecule has 4 nitrogen and oxygen atoms in total. The van der Waals surface area contributed by atoms with Gasteiger partial charge in [-0.25, -0.2) is 9.07 Å². The summed E-state index contributed by atoms with van der Waals surface area (Å²) < 4.78 is 28.8. The second kappa shape index (κ2) is 8.41. The van der Waals surface area contributed by atoms with Crippen molar-refractivity contribution in [1.29, 1.82) is 0 Å². The number of halogens is 1. The number of rotatable bonds is 5. The third kappa shape index (κ3) is 4.27. The lowest BCUT2D eigenvalue weighted by Crippen LogP contribution is -2.41. The number of aromatic nitrogens is 2. The van der Waals surface area contributed by atoms with Crippen LogP contribution >= 0.6 is 0 Å². The van der Waals surface area contributed by atoms with E-state index < -0.39 is 18.3 Å². The monoisotopic (exact) mass is 448 g/mol. The number of benzene rings is 2. The molecule has 0 radical (unpaired) electrons. The minimum absolute atomic E-state index is 0.350. The summed E-state index contributed by atoms with van der Waals surface area (Å²) in [6, 6.07) is 11.5.